The van der Waals surface area contributed by atoms with Crippen LogP contribution in [0.25, 0.3) is 0 Å². The van der Waals surface area contributed by atoms with Gasteiger partial charge in [0.25, 0.3) is 0 Å². The fourth-order valence-corrected chi connectivity index (χ4v) is 1.51. The number of hydrogen-bond donors (Lipinski definition) is 3. The molecular formula is C14H22N2O3. The van der Waals surface area contributed by atoms with E-state index in [9.17, 15) is 4.79 Å². The van der Waals surface area contributed by atoms with E-state index < -0.39 is 11.7 Å². The van der Waals surface area contributed by atoms with Crippen LogP contribution < -0.4 is 10.6 Å². The fourth-order valence-electron chi connectivity index (χ4n) is 1.51. The molecule has 0 spiro atoms. The average molecular weight is 266 g/mol. The normalized spacial score (nSPS) is 10.9. The highest BCUT2D eigenvalue weighted by Crippen LogP contribution is 2.13. The molecule has 0 unspecified atom stereocenters. The van der Waals surface area contributed by atoms with Gasteiger partial charge in [0.05, 0.1) is 6.61 Å². The molecule has 1 rings (SSSR count). The molecular weight excluding hydrogens is 244 g/mol. The number of anilines is 1. The molecule has 1 amide bonds. The summed E-state index contributed by atoms with van der Waals surface area (Å²) in [5.41, 5.74) is 1.22. The van der Waals surface area contributed by atoms with Crippen LogP contribution in [0.15, 0.2) is 24.3 Å². The minimum atomic E-state index is -0.485. The number of rotatable bonds is 5. The second kappa shape index (κ2) is 6.99. The fraction of sp³-hybridized carbons (Fsp3) is 0.500. The first-order valence-electron chi connectivity index (χ1n) is 6.32. The Hall–Kier alpha value is -1.75. The molecule has 0 saturated heterocycles. The van der Waals surface area contributed by atoms with E-state index >= 15 is 0 Å². The maximum absolute atomic E-state index is 11.4. The van der Waals surface area contributed by atoms with Crippen molar-refractivity contribution in [2.45, 2.75) is 33.0 Å². The molecule has 0 aliphatic carbocycles. The number of aliphatic hydroxyl groups excluding tert-OH is 1. The molecule has 106 valence electrons. The van der Waals surface area contributed by atoms with Gasteiger partial charge in [0.2, 0.25) is 0 Å². The molecule has 0 fully saturated rings. The lowest BCUT2D eigenvalue weighted by Crippen LogP contribution is -2.35. The third kappa shape index (κ3) is 6.10. The van der Waals surface area contributed by atoms with Crippen molar-refractivity contribution in [1.82, 2.24) is 5.32 Å². The number of alkyl carbamates (subject to hydrolysis) is 1. The number of ether oxygens (including phenoxy) is 1. The molecule has 0 aromatic heterocycles. The van der Waals surface area contributed by atoms with E-state index in [-0.39, 0.29) is 6.61 Å². The molecule has 0 radical (unpaired) electrons. The first kappa shape index (κ1) is 15.3. The highest BCUT2D eigenvalue weighted by atomic mass is 16.6. The Morgan fingerprint density at radius 1 is 1.26 bits per heavy atom. The van der Waals surface area contributed by atoms with Gasteiger partial charge in [0.1, 0.15) is 5.60 Å². The van der Waals surface area contributed by atoms with E-state index in [1.807, 2.05) is 45.0 Å². The van der Waals surface area contributed by atoms with Crippen molar-refractivity contribution < 1.29 is 14.6 Å². The summed E-state index contributed by atoms with van der Waals surface area (Å²) >= 11 is 0. The molecule has 0 aliphatic heterocycles. The highest BCUT2D eigenvalue weighted by molar-refractivity contribution is 5.67. The van der Waals surface area contributed by atoms with E-state index in [0.717, 1.165) is 11.3 Å². The number of para-hydroxylation sites is 1. The Bertz CT molecular complexity index is 413. The van der Waals surface area contributed by atoms with E-state index in [1.165, 1.54) is 0 Å². The highest BCUT2D eigenvalue weighted by Gasteiger charge is 2.15. The number of carbonyl (C=O) groups excluding carboxylic acids is 1. The predicted molar refractivity (Wildman–Crippen MR) is 75.1 cm³/mol. The zero-order valence-electron chi connectivity index (χ0n) is 11.7. The third-order valence-corrected chi connectivity index (χ3v) is 2.30. The Balaban J connectivity index is 2.29. The van der Waals surface area contributed by atoms with Crippen LogP contribution in [0.4, 0.5) is 10.5 Å². The lowest BCUT2D eigenvalue weighted by atomic mass is 10.2. The third-order valence-electron chi connectivity index (χ3n) is 2.30. The number of amides is 1. The van der Waals surface area contributed by atoms with Gasteiger partial charge in [-0.25, -0.2) is 4.79 Å². The zero-order chi connectivity index (χ0) is 14.3. The summed E-state index contributed by atoms with van der Waals surface area (Å²) in [6.07, 6.45) is -0.426. The number of carbonyl (C=O) groups is 1. The van der Waals surface area contributed by atoms with E-state index in [4.69, 9.17) is 9.84 Å². The van der Waals surface area contributed by atoms with Gasteiger partial charge in [-0.2, -0.15) is 0 Å². The van der Waals surface area contributed by atoms with Gasteiger partial charge in [-0.3, -0.25) is 0 Å². The monoisotopic (exact) mass is 266 g/mol. The summed E-state index contributed by atoms with van der Waals surface area (Å²) in [6.45, 7) is 6.47. The summed E-state index contributed by atoms with van der Waals surface area (Å²) in [5, 5.41) is 15.0. The maximum atomic E-state index is 11.4. The Morgan fingerprint density at radius 2 is 1.95 bits per heavy atom. The first-order valence-corrected chi connectivity index (χ1v) is 6.32. The van der Waals surface area contributed by atoms with Gasteiger partial charge in [-0.1, -0.05) is 18.2 Å². The summed E-state index contributed by atoms with van der Waals surface area (Å²) < 4.78 is 5.12. The van der Waals surface area contributed by atoms with Crippen LogP contribution in [0.2, 0.25) is 0 Å². The minimum absolute atomic E-state index is 0.0112. The van der Waals surface area contributed by atoms with Crippen molar-refractivity contribution in [3.8, 4) is 0 Å². The number of nitrogens with one attached hydrogen (secondary N) is 2. The van der Waals surface area contributed by atoms with E-state index in [1.54, 1.807) is 0 Å². The summed E-state index contributed by atoms with van der Waals surface area (Å²) in [7, 11) is 0. The van der Waals surface area contributed by atoms with Crippen LogP contribution >= 0.6 is 0 Å². The van der Waals surface area contributed by atoms with Crippen LogP contribution in [0, 0.1) is 0 Å². The molecule has 5 heteroatoms. The van der Waals surface area contributed by atoms with Gasteiger partial charge in [0, 0.05) is 24.3 Å². The van der Waals surface area contributed by atoms with E-state index in [0.29, 0.717) is 13.1 Å². The number of aliphatic hydroxyl groups is 1. The van der Waals surface area contributed by atoms with Gasteiger partial charge < -0.3 is 20.5 Å². The Kier molecular flexibility index (Phi) is 5.63. The quantitative estimate of drug-likeness (QED) is 0.714. The van der Waals surface area contributed by atoms with Crippen molar-refractivity contribution in [3.63, 3.8) is 0 Å². The maximum Gasteiger partial charge on any atom is 0.407 e. The molecule has 1 aromatic carbocycles. The van der Waals surface area contributed by atoms with E-state index in [2.05, 4.69) is 10.6 Å². The molecule has 0 saturated carbocycles. The average Bonchev–Trinajstić information content (AvgIpc) is 2.33. The molecule has 3 N–H and O–H groups in total. The molecule has 0 heterocycles. The minimum Gasteiger partial charge on any atom is -0.444 e. The molecule has 0 atom stereocenters. The number of hydrogen-bond acceptors (Lipinski definition) is 4. The lowest BCUT2D eigenvalue weighted by Gasteiger charge is -2.19. The van der Waals surface area contributed by atoms with Crippen LogP contribution in [0.3, 0.4) is 0 Å². The van der Waals surface area contributed by atoms with Crippen molar-refractivity contribution in [2.24, 2.45) is 0 Å². The standard InChI is InChI=1S/C14H22N2O3/c1-14(2,3)19-13(18)16-9-8-15-12-7-5-4-6-11(12)10-17/h4-7,15,17H,8-10H2,1-3H3,(H,16,18). The topological polar surface area (TPSA) is 70.6 Å². The first-order chi connectivity index (χ1) is 8.92. The van der Waals surface area contributed by atoms with Crippen molar-refractivity contribution in [1.29, 1.82) is 0 Å². The number of benzene rings is 1. The summed E-state index contributed by atoms with van der Waals surface area (Å²) in [6, 6.07) is 7.50. The van der Waals surface area contributed by atoms with Gasteiger partial charge in [-0.05, 0) is 26.8 Å². The SMILES string of the molecule is CC(C)(C)OC(=O)NCCNc1ccccc1CO. The van der Waals surface area contributed by atoms with Gasteiger partial charge in [-0.15, -0.1) is 0 Å². The Morgan fingerprint density at radius 3 is 2.58 bits per heavy atom. The lowest BCUT2D eigenvalue weighted by molar-refractivity contribution is 0.0530. The van der Waals surface area contributed by atoms with Gasteiger partial charge >= 0.3 is 6.09 Å². The van der Waals surface area contributed by atoms with Crippen molar-refractivity contribution in [3.05, 3.63) is 29.8 Å². The molecule has 0 bridgehead atoms. The van der Waals surface area contributed by atoms with Crippen LogP contribution in [0.5, 0.6) is 0 Å². The summed E-state index contributed by atoms with van der Waals surface area (Å²) in [5.74, 6) is 0. The molecule has 0 aliphatic rings. The molecule has 19 heavy (non-hydrogen) atoms. The van der Waals surface area contributed by atoms with Crippen LogP contribution in [-0.4, -0.2) is 29.9 Å². The molecule has 1 aromatic rings. The van der Waals surface area contributed by atoms with Crippen LogP contribution in [-0.2, 0) is 11.3 Å². The van der Waals surface area contributed by atoms with Gasteiger partial charge in [0.15, 0.2) is 0 Å². The zero-order valence-corrected chi connectivity index (χ0v) is 11.7. The van der Waals surface area contributed by atoms with Crippen molar-refractivity contribution in [2.75, 3.05) is 18.4 Å². The molecule has 5 nitrogen and oxygen atoms in total. The second-order valence-electron chi connectivity index (χ2n) is 5.17. The second-order valence-corrected chi connectivity index (χ2v) is 5.17. The summed E-state index contributed by atoms with van der Waals surface area (Å²) in [4.78, 5) is 11.4. The predicted octanol–water partition coefficient (Wildman–Crippen LogP) is 2.12. The largest absolute Gasteiger partial charge is 0.444 e. The van der Waals surface area contributed by atoms with Crippen molar-refractivity contribution >= 4 is 11.8 Å². The Labute approximate surface area is 114 Å². The smallest absolute Gasteiger partial charge is 0.407 e. The van der Waals surface area contributed by atoms with Crippen LogP contribution in [0.1, 0.15) is 26.3 Å².